The van der Waals surface area contributed by atoms with Crippen molar-refractivity contribution < 1.29 is 22.4 Å². The fourth-order valence-electron chi connectivity index (χ4n) is 4.02. The maximum absolute atomic E-state index is 13.9. The Morgan fingerprint density at radius 2 is 1.83 bits per heavy atom. The molecule has 2 saturated heterocycles. The number of sulfonamides is 1. The third kappa shape index (κ3) is 4.95. The Labute approximate surface area is 171 Å². The summed E-state index contributed by atoms with van der Waals surface area (Å²) in [4.78, 5) is 26.0. The Bertz CT molecular complexity index is 853. The van der Waals surface area contributed by atoms with E-state index < -0.39 is 15.8 Å². The van der Waals surface area contributed by atoms with Crippen LogP contribution in [0.1, 0.15) is 39.0 Å². The van der Waals surface area contributed by atoms with E-state index in [1.807, 2.05) is 0 Å². The Hall–Kier alpha value is -2.00. The molecule has 7 nitrogen and oxygen atoms in total. The molecule has 9 heteroatoms. The van der Waals surface area contributed by atoms with E-state index in [4.69, 9.17) is 0 Å². The van der Waals surface area contributed by atoms with Crippen molar-refractivity contribution >= 4 is 21.8 Å². The van der Waals surface area contributed by atoms with E-state index in [1.54, 1.807) is 11.8 Å². The van der Waals surface area contributed by atoms with Crippen molar-refractivity contribution in [2.75, 3.05) is 26.2 Å². The molecule has 29 heavy (non-hydrogen) atoms. The molecule has 160 valence electrons. The number of amides is 2. The summed E-state index contributed by atoms with van der Waals surface area (Å²) in [7, 11) is -3.91. The van der Waals surface area contributed by atoms with Crippen LogP contribution in [0.15, 0.2) is 29.2 Å². The lowest BCUT2D eigenvalue weighted by molar-refractivity contribution is -0.138. The molecule has 2 fully saturated rings. The zero-order chi connectivity index (χ0) is 21.0. The Morgan fingerprint density at radius 1 is 1.14 bits per heavy atom. The second kappa shape index (κ2) is 9.21. The molecule has 2 aliphatic rings. The highest BCUT2D eigenvalue weighted by Gasteiger charge is 2.36. The average Bonchev–Trinajstić information content (AvgIpc) is 2.73. The normalized spacial score (nSPS) is 21.7. The molecule has 2 aliphatic heterocycles. The monoisotopic (exact) mass is 425 g/mol. The molecule has 0 radical (unpaired) electrons. The fourth-order valence-corrected chi connectivity index (χ4v) is 5.55. The maximum atomic E-state index is 13.9. The number of piperidine rings is 2. The lowest BCUT2D eigenvalue weighted by atomic mass is 9.95. The van der Waals surface area contributed by atoms with Crippen LogP contribution in [0.5, 0.6) is 0 Å². The molecule has 0 aliphatic carbocycles. The molecule has 2 heterocycles. The van der Waals surface area contributed by atoms with Gasteiger partial charge in [-0.1, -0.05) is 19.1 Å². The van der Waals surface area contributed by atoms with E-state index in [-0.39, 0.29) is 41.8 Å². The predicted octanol–water partition coefficient (Wildman–Crippen LogP) is 1.74. The van der Waals surface area contributed by atoms with Crippen molar-refractivity contribution in [3.8, 4) is 0 Å². The van der Waals surface area contributed by atoms with Crippen LogP contribution in [0.2, 0.25) is 0 Å². The third-order valence-electron chi connectivity index (χ3n) is 5.68. The number of nitrogens with one attached hydrogen (secondary N) is 1. The van der Waals surface area contributed by atoms with Gasteiger partial charge in [0.15, 0.2) is 0 Å². The van der Waals surface area contributed by atoms with Gasteiger partial charge < -0.3 is 10.2 Å². The number of benzene rings is 1. The summed E-state index contributed by atoms with van der Waals surface area (Å²) in [5, 5.41) is 2.95. The first-order chi connectivity index (χ1) is 13.8. The van der Waals surface area contributed by atoms with Crippen LogP contribution in [0, 0.1) is 11.7 Å². The molecule has 1 aromatic rings. The van der Waals surface area contributed by atoms with Gasteiger partial charge in [0.2, 0.25) is 21.8 Å². The summed E-state index contributed by atoms with van der Waals surface area (Å²) in [5.74, 6) is -1.01. The van der Waals surface area contributed by atoms with Gasteiger partial charge in [-0.3, -0.25) is 9.59 Å². The molecule has 3 rings (SSSR count). The number of nitrogens with zero attached hydrogens (tertiary/aromatic N) is 2. The predicted molar refractivity (Wildman–Crippen MR) is 106 cm³/mol. The van der Waals surface area contributed by atoms with Crippen molar-refractivity contribution in [2.45, 2.75) is 50.0 Å². The van der Waals surface area contributed by atoms with Crippen molar-refractivity contribution in [3.05, 3.63) is 30.1 Å². The molecule has 0 aromatic heterocycles. The fraction of sp³-hybridized carbons (Fsp3) is 0.600. The van der Waals surface area contributed by atoms with Gasteiger partial charge >= 0.3 is 0 Å². The number of halogens is 1. The van der Waals surface area contributed by atoms with Crippen molar-refractivity contribution in [2.24, 2.45) is 5.92 Å². The zero-order valence-corrected chi connectivity index (χ0v) is 17.5. The highest BCUT2D eigenvalue weighted by molar-refractivity contribution is 7.89. The van der Waals surface area contributed by atoms with Crippen molar-refractivity contribution in [1.29, 1.82) is 0 Å². The standard InChI is InChI=1S/C20H28FN3O4S/c1-2-19(25)22-16-6-5-11-23(14-16)20(26)15-9-12-24(13-10-15)29(27,28)18-8-4-3-7-17(18)21/h3-4,7-8,15-16H,2,5-6,9-14H2,1H3,(H,22,25). The molecule has 0 spiro atoms. The lowest BCUT2D eigenvalue weighted by Crippen LogP contribution is -2.52. The minimum atomic E-state index is -3.91. The van der Waals surface area contributed by atoms with E-state index >= 15 is 0 Å². The van der Waals surface area contributed by atoms with Crippen LogP contribution < -0.4 is 5.32 Å². The highest BCUT2D eigenvalue weighted by atomic mass is 32.2. The van der Waals surface area contributed by atoms with Crippen molar-refractivity contribution in [1.82, 2.24) is 14.5 Å². The maximum Gasteiger partial charge on any atom is 0.245 e. The van der Waals surface area contributed by atoms with Gasteiger partial charge in [0, 0.05) is 44.6 Å². The van der Waals surface area contributed by atoms with Crippen LogP contribution in [-0.4, -0.2) is 61.7 Å². The summed E-state index contributed by atoms with van der Waals surface area (Å²) >= 11 is 0. The van der Waals surface area contributed by atoms with E-state index in [1.165, 1.54) is 22.5 Å². The molecule has 0 saturated carbocycles. The van der Waals surface area contributed by atoms with Gasteiger partial charge in [-0.05, 0) is 37.8 Å². The van der Waals surface area contributed by atoms with E-state index in [2.05, 4.69) is 5.32 Å². The zero-order valence-electron chi connectivity index (χ0n) is 16.6. The second-order valence-electron chi connectivity index (χ2n) is 7.65. The molecule has 1 unspecified atom stereocenters. The molecule has 1 atom stereocenters. The van der Waals surface area contributed by atoms with E-state index in [9.17, 15) is 22.4 Å². The van der Waals surface area contributed by atoms with Crippen LogP contribution in [0.3, 0.4) is 0 Å². The lowest BCUT2D eigenvalue weighted by Gasteiger charge is -2.37. The molecule has 0 bridgehead atoms. The number of rotatable bonds is 5. The van der Waals surface area contributed by atoms with Gasteiger partial charge in [-0.15, -0.1) is 0 Å². The molecule has 1 N–H and O–H groups in total. The topological polar surface area (TPSA) is 86.8 Å². The molecule has 1 aromatic carbocycles. The quantitative estimate of drug-likeness (QED) is 0.779. The Morgan fingerprint density at radius 3 is 2.48 bits per heavy atom. The minimum absolute atomic E-state index is 0.0170. The van der Waals surface area contributed by atoms with Gasteiger partial charge in [0.1, 0.15) is 10.7 Å². The first-order valence-electron chi connectivity index (χ1n) is 10.2. The Balaban J connectivity index is 1.58. The largest absolute Gasteiger partial charge is 0.352 e. The van der Waals surface area contributed by atoms with E-state index in [0.717, 1.165) is 18.9 Å². The first kappa shape index (κ1) is 21.7. The number of carbonyl (C=O) groups is 2. The summed E-state index contributed by atoms with van der Waals surface area (Å²) in [6.07, 6.45) is 2.93. The summed E-state index contributed by atoms with van der Waals surface area (Å²) < 4.78 is 40.6. The van der Waals surface area contributed by atoms with Crippen LogP contribution in [0.4, 0.5) is 4.39 Å². The molecule has 2 amide bonds. The third-order valence-corrected chi connectivity index (χ3v) is 7.61. The second-order valence-corrected chi connectivity index (χ2v) is 9.56. The average molecular weight is 426 g/mol. The summed E-state index contributed by atoms with van der Waals surface area (Å²) in [6, 6.07) is 5.32. The summed E-state index contributed by atoms with van der Waals surface area (Å²) in [6.45, 7) is 3.33. The van der Waals surface area contributed by atoms with Gasteiger partial charge in [0.05, 0.1) is 0 Å². The SMILES string of the molecule is CCC(=O)NC1CCCN(C(=O)C2CCN(S(=O)(=O)c3ccccc3F)CC2)C1. The first-order valence-corrected chi connectivity index (χ1v) is 11.6. The number of hydrogen-bond acceptors (Lipinski definition) is 4. The highest BCUT2D eigenvalue weighted by Crippen LogP contribution is 2.27. The van der Waals surface area contributed by atoms with E-state index in [0.29, 0.717) is 32.4 Å². The van der Waals surface area contributed by atoms with Crippen LogP contribution in [0.25, 0.3) is 0 Å². The number of carbonyl (C=O) groups excluding carboxylic acids is 2. The smallest absolute Gasteiger partial charge is 0.245 e. The van der Waals surface area contributed by atoms with Crippen LogP contribution in [-0.2, 0) is 19.6 Å². The molecular weight excluding hydrogens is 397 g/mol. The number of hydrogen-bond donors (Lipinski definition) is 1. The number of likely N-dealkylation sites (tertiary alicyclic amines) is 1. The van der Waals surface area contributed by atoms with Gasteiger partial charge in [-0.2, -0.15) is 4.31 Å². The molecular formula is C20H28FN3O4S. The Kier molecular flexibility index (Phi) is 6.89. The van der Waals surface area contributed by atoms with Crippen molar-refractivity contribution in [3.63, 3.8) is 0 Å². The summed E-state index contributed by atoms with van der Waals surface area (Å²) in [5.41, 5.74) is 0. The minimum Gasteiger partial charge on any atom is -0.352 e. The van der Waals surface area contributed by atoms with Gasteiger partial charge in [-0.25, -0.2) is 12.8 Å². The van der Waals surface area contributed by atoms with Gasteiger partial charge in [0.25, 0.3) is 0 Å². The van der Waals surface area contributed by atoms with Crippen LogP contribution >= 0.6 is 0 Å².